The largest absolute Gasteiger partial charge is 0.544 e. The molecule has 1 aromatic rings. The Morgan fingerprint density at radius 3 is 2.75 bits per heavy atom. The van der Waals surface area contributed by atoms with Crippen molar-refractivity contribution in [2.75, 3.05) is 6.54 Å². The van der Waals surface area contributed by atoms with Crippen molar-refractivity contribution >= 4 is 17.6 Å². The smallest absolute Gasteiger partial charge is 0.128 e. The van der Waals surface area contributed by atoms with E-state index in [0.717, 1.165) is 36.4 Å². The number of carboxylic acids is 1. The van der Waals surface area contributed by atoms with Crippen molar-refractivity contribution in [1.82, 2.24) is 0 Å². The van der Waals surface area contributed by atoms with Gasteiger partial charge in [0.25, 0.3) is 0 Å². The molecule has 86 valence electrons. The Bertz CT molecular complexity index is 377. The third kappa shape index (κ3) is 2.54. The molecule has 0 radical (unpaired) electrons. The van der Waals surface area contributed by atoms with Gasteiger partial charge in [0, 0.05) is 23.4 Å². The Morgan fingerprint density at radius 2 is 2.12 bits per heavy atom. The molecule has 1 aliphatic heterocycles. The molecule has 1 fully saturated rings. The third-order valence-electron chi connectivity index (χ3n) is 3.11. The molecule has 2 rings (SSSR count). The Balaban J connectivity index is 2.03. The van der Waals surface area contributed by atoms with E-state index >= 15 is 0 Å². The van der Waals surface area contributed by atoms with Crippen LogP contribution in [0.5, 0.6) is 0 Å². The van der Waals surface area contributed by atoms with Crippen molar-refractivity contribution in [3.05, 3.63) is 34.9 Å². The monoisotopic (exact) mass is 239 g/mol. The number of quaternary nitrogens is 1. The highest BCUT2D eigenvalue weighted by atomic mass is 35.5. The third-order valence-corrected chi connectivity index (χ3v) is 3.36. The van der Waals surface area contributed by atoms with E-state index in [1.165, 1.54) is 0 Å². The van der Waals surface area contributed by atoms with Gasteiger partial charge in [-0.1, -0.05) is 23.7 Å². The van der Waals surface area contributed by atoms with Gasteiger partial charge in [0.15, 0.2) is 0 Å². The molecular weight excluding hydrogens is 226 g/mol. The van der Waals surface area contributed by atoms with E-state index in [0.29, 0.717) is 5.02 Å². The summed E-state index contributed by atoms with van der Waals surface area (Å²) >= 11 is 5.80. The fourth-order valence-electron chi connectivity index (χ4n) is 2.27. The fourth-order valence-corrected chi connectivity index (χ4v) is 2.40. The summed E-state index contributed by atoms with van der Waals surface area (Å²) < 4.78 is 0. The predicted octanol–water partition coefficient (Wildman–Crippen LogP) is -0.363. The summed E-state index contributed by atoms with van der Waals surface area (Å²) in [5, 5.41) is 11.6. The highest BCUT2D eigenvalue weighted by molar-refractivity contribution is 6.30. The van der Waals surface area contributed by atoms with Crippen molar-refractivity contribution in [1.29, 1.82) is 0 Å². The van der Waals surface area contributed by atoms with Crippen LogP contribution in [-0.2, 0) is 11.3 Å². The second-order valence-electron chi connectivity index (χ2n) is 4.23. The number of halogens is 1. The van der Waals surface area contributed by atoms with Crippen LogP contribution in [0.2, 0.25) is 5.02 Å². The highest BCUT2D eigenvalue weighted by Crippen LogP contribution is 2.09. The minimum atomic E-state index is -0.929. The number of aliphatic carboxylic acids is 1. The second kappa shape index (κ2) is 4.85. The molecule has 4 heteroatoms. The van der Waals surface area contributed by atoms with Crippen molar-refractivity contribution in [3.8, 4) is 0 Å². The number of hydrogen-bond donors (Lipinski definition) is 1. The van der Waals surface area contributed by atoms with Crippen LogP contribution in [0.1, 0.15) is 18.4 Å². The molecule has 0 aromatic heterocycles. The molecule has 2 atom stereocenters. The van der Waals surface area contributed by atoms with Crippen molar-refractivity contribution in [2.24, 2.45) is 0 Å². The molecule has 0 amide bonds. The Hall–Kier alpha value is -1.06. The van der Waals surface area contributed by atoms with Gasteiger partial charge in [-0.3, -0.25) is 0 Å². The number of hydrogen-bond acceptors (Lipinski definition) is 2. The van der Waals surface area contributed by atoms with Gasteiger partial charge >= 0.3 is 0 Å². The maximum absolute atomic E-state index is 10.9. The normalized spacial score (nSPS) is 24.6. The quantitative estimate of drug-likeness (QED) is 0.783. The molecule has 16 heavy (non-hydrogen) atoms. The lowest BCUT2D eigenvalue weighted by Gasteiger charge is -2.22. The van der Waals surface area contributed by atoms with Gasteiger partial charge < -0.3 is 14.8 Å². The molecule has 1 aliphatic rings. The first-order chi connectivity index (χ1) is 7.66. The van der Waals surface area contributed by atoms with Gasteiger partial charge in [-0.25, -0.2) is 0 Å². The van der Waals surface area contributed by atoms with Gasteiger partial charge in [-0.15, -0.1) is 0 Å². The van der Waals surface area contributed by atoms with Gasteiger partial charge in [-0.05, 0) is 12.1 Å². The Morgan fingerprint density at radius 1 is 1.44 bits per heavy atom. The van der Waals surface area contributed by atoms with Crippen molar-refractivity contribution in [2.45, 2.75) is 25.4 Å². The maximum Gasteiger partial charge on any atom is 0.128 e. The predicted molar refractivity (Wildman–Crippen MR) is 59.0 cm³/mol. The molecule has 1 N–H and O–H groups in total. The fraction of sp³-hybridized carbons (Fsp3) is 0.417. The summed E-state index contributed by atoms with van der Waals surface area (Å²) in [5.74, 6) is -0.929. The lowest BCUT2D eigenvalue weighted by atomic mass is 10.2. The summed E-state index contributed by atoms with van der Waals surface area (Å²) in [6, 6.07) is 7.21. The number of carbonyl (C=O) groups excluding carboxylic acids is 1. The number of benzene rings is 1. The molecular formula is C12H14ClNO2. The van der Waals surface area contributed by atoms with Crippen LogP contribution >= 0.6 is 11.6 Å². The Kier molecular flexibility index (Phi) is 3.46. The Labute approximate surface area is 99.6 Å². The van der Waals surface area contributed by atoms with Crippen LogP contribution in [-0.4, -0.2) is 18.6 Å². The van der Waals surface area contributed by atoms with E-state index in [9.17, 15) is 9.90 Å². The van der Waals surface area contributed by atoms with Crippen LogP contribution in [0.15, 0.2) is 24.3 Å². The van der Waals surface area contributed by atoms with Crippen LogP contribution < -0.4 is 10.0 Å². The number of carboxylic acid groups (broad SMARTS) is 1. The van der Waals surface area contributed by atoms with Crippen LogP contribution in [0.25, 0.3) is 0 Å². The molecule has 1 heterocycles. The average molecular weight is 240 g/mol. The zero-order valence-corrected chi connectivity index (χ0v) is 9.67. The maximum atomic E-state index is 10.9. The van der Waals surface area contributed by atoms with E-state index in [1.807, 2.05) is 24.3 Å². The van der Waals surface area contributed by atoms with Crippen LogP contribution in [0, 0.1) is 0 Å². The van der Waals surface area contributed by atoms with Gasteiger partial charge in [0.05, 0.1) is 12.5 Å². The van der Waals surface area contributed by atoms with Crippen molar-refractivity contribution in [3.63, 3.8) is 0 Å². The van der Waals surface area contributed by atoms with Crippen molar-refractivity contribution < 1.29 is 14.8 Å². The summed E-state index contributed by atoms with van der Waals surface area (Å²) in [7, 11) is 0. The molecule has 1 unspecified atom stereocenters. The molecule has 1 aromatic carbocycles. The van der Waals surface area contributed by atoms with E-state index in [4.69, 9.17) is 11.6 Å². The summed E-state index contributed by atoms with van der Waals surface area (Å²) in [4.78, 5) is 12.0. The lowest BCUT2D eigenvalue weighted by molar-refractivity contribution is -0.919. The van der Waals surface area contributed by atoms with E-state index in [1.54, 1.807) is 0 Å². The summed E-state index contributed by atoms with van der Waals surface area (Å²) in [6.07, 6.45) is 1.69. The number of rotatable bonds is 3. The molecule has 1 saturated heterocycles. The summed E-state index contributed by atoms with van der Waals surface area (Å²) in [5.41, 5.74) is 1.12. The zero-order valence-electron chi connectivity index (χ0n) is 8.91. The molecule has 0 aliphatic carbocycles. The molecule has 0 bridgehead atoms. The minimum Gasteiger partial charge on any atom is -0.544 e. The molecule has 0 saturated carbocycles. The molecule has 0 spiro atoms. The van der Waals surface area contributed by atoms with E-state index < -0.39 is 5.97 Å². The summed E-state index contributed by atoms with van der Waals surface area (Å²) in [6.45, 7) is 1.64. The zero-order chi connectivity index (χ0) is 11.5. The van der Waals surface area contributed by atoms with Gasteiger partial charge in [0.2, 0.25) is 0 Å². The second-order valence-corrected chi connectivity index (χ2v) is 4.66. The number of likely N-dealkylation sites (tertiary alicyclic amines) is 1. The highest BCUT2D eigenvalue weighted by Gasteiger charge is 2.29. The topological polar surface area (TPSA) is 44.6 Å². The van der Waals surface area contributed by atoms with E-state index in [-0.39, 0.29) is 6.04 Å². The van der Waals surface area contributed by atoms with Gasteiger partial charge in [0.1, 0.15) is 12.6 Å². The number of carbonyl (C=O) groups is 1. The first-order valence-corrected chi connectivity index (χ1v) is 5.84. The van der Waals surface area contributed by atoms with Gasteiger partial charge in [-0.2, -0.15) is 0 Å². The lowest BCUT2D eigenvalue weighted by Crippen LogP contribution is -3.14. The standard InChI is InChI=1S/C12H14ClNO2/c13-10-5-3-9(4-6-10)8-14-7-1-2-11(14)12(15)16/h3-6,11H,1-2,7-8H2,(H,15,16)/t11-/m0/s1. The minimum absolute atomic E-state index is 0.351. The molecule has 3 nitrogen and oxygen atoms in total. The van der Waals surface area contributed by atoms with Crippen LogP contribution in [0.4, 0.5) is 0 Å². The SMILES string of the molecule is O=C([O-])[C@@H]1CCC[NH+]1Cc1ccc(Cl)cc1. The van der Waals surface area contributed by atoms with E-state index in [2.05, 4.69) is 0 Å². The average Bonchev–Trinajstić information content (AvgIpc) is 2.69. The number of nitrogens with one attached hydrogen (secondary N) is 1. The van der Waals surface area contributed by atoms with Crippen LogP contribution in [0.3, 0.4) is 0 Å². The first-order valence-electron chi connectivity index (χ1n) is 5.46. The first kappa shape index (κ1) is 11.4.